The van der Waals surface area contributed by atoms with Crippen LogP contribution in [0.5, 0.6) is 5.75 Å². The lowest BCUT2D eigenvalue weighted by Crippen LogP contribution is -2.29. The van der Waals surface area contributed by atoms with Gasteiger partial charge in [-0.15, -0.1) is 11.3 Å². The van der Waals surface area contributed by atoms with Gasteiger partial charge in [-0.2, -0.15) is 0 Å². The van der Waals surface area contributed by atoms with Crippen LogP contribution in [-0.2, 0) is 13.0 Å². The molecular formula is C21H24N2O3S. The number of hydrogen-bond donors (Lipinski definition) is 1. The van der Waals surface area contributed by atoms with Crippen molar-refractivity contribution in [1.82, 2.24) is 9.88 Å². The average Bonchev–Trinajstić information content (AvgIpc) is 3.11. The van der Waals surface area contributed by atoms with Gasteiger partial charge in [0.05, 0.1) is 16.5 Å². The fourth-order valence-electron chi connectivity index (χ4n) is 3.77. The Labute approximate surface area is 162 Å². The number of thiazole rings is 1. The molecule has 3 aromatic rings. The Balaban J connectivity index is 1.87. The monoisotopic (exact) mass is 384 g/mol. The van der Waals surface area contributed by atoms with E-state index in [-0.39, 0.29) is 11.2 Å². The number of fused-ring (bicyclic) bond motifs is 1. The third kappa shape index (κ3) is 3.39. The molecule has 6 heteroatoms. The largest absolute Gasteiger partial charge is 0.507 e. The molecule has 5 nitrogen and oxygen atoms in total. The van der Waals surface area contributed by atoms with Crippen molar-refractivity contribution in [3.05, 3.63) is 44.8 Å². The Bertz CT molecular complexity index is 1030. The number of aromatic hydroxyl groups is 1. The molecule has 1 aromatic carbocycles. The Kier molecular flexibility index (Phi) is 5.02. The minimum Gasteiger partial charge on any atom is -0.507 e. The van der Waals surface area contributed by atoms with E-state index in [1.807, 2.05) is 19.2 Å². The molecule has 2 aromatic heterocycles. The normalized spacial score (nSPS) is 15.5. The topological polar surface area (TPSA) is 66.6 Å². The molecular weight excluding hydrogens is 360 g/mol. The molecule has 3 heterocycles. The summed E-state index contributed by atoms with van der Waals surface area (Å²) in [5.41, 5.74) is 3.30. The van der Waals surface area contributed by atoms with Gasteiger partial charge in [0, 0.05) is 17.6 Å². The highest BCUT2D eigenvalue weighted by atomic mass is 32.1. The molecule has 4 rings (SSSR count). The van der Waals surface area contributed by atoms with Gasteiger partial charge in [-0.05, 0) is 50.9 Å². The van der Waals surface area contributed by atoms with E-state index in [1.165, 1.54) is 36.9 Å². The number of rotatable bonds is 4. The van der Waals surface area contributed by atoms with Crippen LogP contribution < -0.4 is 5.43 Å². The summed E-state index contributed by atoms with van der Waals surface area (Å²) in [7, 11) is 0. The van der Waals surface area contributed by atoms with Crippen LogP contribution in [0.2, 0.25) is 0 Å². The first kappa shape index (κ1) is 18.2. The lowest BCUT2D eigenvalue weighted by Gasteiger charge is -2.27. The molecule has 0 radical (unpaired) electrons. The van der Waals surface area contributed by atoms with Crippen molar-refractivity contribution < 1.29 is 9.52 Å². The molecule has 1 saturated heterocycles. The van der Waals surface area contributed by atoms with Crippen LogP contribution in [0.25, 0.3) is 21.5 Å². The molecule has 0 aliphatic carbocycles. The Hall–Kier alpha value is -2.18. The molecule has 0 saturated carbocycles. The molecule has 142 valence electrons. The third-order valence-corrected chi connectivity index (χ3v) is 6.27. The summed E-state index contributed by atoms with van der Waals surface area (Å²) in [5, 5.41) is 13.9. The number of phenolic OH excluding ortho intramolecular Hbond substituents is 1. The van der Waals surface area contributed by atoms with Crippen molar-refractivity contribution in [2.24, 2.45) is 0 Å². The number of phenols is 1. The van der Waals surface area contributed by atoms with Crippen molar-refractivity contribution in [3.8, 4) is 16.3 Å². The van der Waals surface area contributed by atoms with E-state index >= 15 is 0 Å². The van der Waals surface area contributed by atoms with Crippen LogP contribution in [0, 0.1) is 6.92 Å². The molecule has 0 atom stereocenters. The molecule has 1 aliphatic heterocycles. The molecule has 1 fully saturated rings. The summed E-state index contributed by atoms with van der Waals surface area (Å²) in [6, 6.07) is 1.78. The van der Waals surface area contributed by atoms with Gasteiger partial charge in [0.2, 0.25) is 5.43 Å². The van der Waals surface area contributed by atoms with E-state index in [2.05, 4.69) is 9.88 Å². The number of hydrogen-bond acceptors (Lipinski definition) is 6. The van der Waals surface area contributed by atoms with Crippen LogP contribution in [0.4, 0.5) is 0 Å². The van der Waals surface area contributed by atoms with Crippen molar-refractivity contribution in [3.63, 3.8) is 0 Å². The maximum absolute atomic E-state index is 13.2. The fourth-order valence-corrected chi connectivity index (χ4v) is 4.57. The number of likely N-dealkylation sites (tertiary alicyclic amines) is 1. The number of piperidine rings is 1. The van der Waals surface area contributed by atoms with Crippen molar-refractivity contribution in [2.75, 3.05) is 13.1 Å². The van der Waals surface area contributed by atoms with Crippen molar-refractivity contribution in [1.29, 1.82) is 0 Å². The number of aromatic nitrogens is 1. The zero-order valence-electron chi connectivity index (χ0n) is 15.7. The first-order valence-corrected chi connectivity index (χ1v) is 10.4. The van der Waals surface area contributed by atoms with Gasteiger partial charge in [0.1, 0.15) is 22.6 Å². The summed E-state index contributed by atoms with van der Waals surface area (Å²) >= 11 is 1.44. The van der Waals surface area contributed by atoms with E-state index in [1.54, 1.807) is 6.07 Å². The Morgan fingerprint density at radius 1 is 1.30 bits per heavy atom. The van der Waals surface area contributed by atoms with Crippen LogP contribution in [0.3, 0.4) is 0 Å². The summed E-state index contributed by atoms with van der Waals surface area (Å²) in [6.45, 7) is 6.53. The summed E-state index contributed by atoms with van der Waals surface area (Å²) in [6.07, 6.45) is 5.75. The lowest BCUT2D eigenvalue weighted by atomic mass is 10.00. The standard InChI is InChI=1S/C21H24N2O3S/c1-3-14-9-15-19(25)17(21-22-13(2)12-27-21)11-26-20(15)16(18(14)24)10-23-7-5-4-6-8-23/h9,11-12,24H,3-8,10H2,1-2H3. The number of aryl methyl sites for hydroxylation is 2. The van der Waals surface area contributed by atoms with Crippen molar-refractivity contribution in [2.45, 2.75) is 46.1 Å². The predicted molar refractivity (Wildman–Crippen MR) is 108 cm³/mol. The quantitative estimate of drug-likeness (QED) is 0.718. The highest BCUT2D eigenvalue weighted by Crippen LogP contribution is 2.34. The third-order valence-electron chi connectivity index (χ3n) is 5.27. The van der Waals surface area contributed by atoms with Gasteiger partial charge in [-0.3, -0.25) is 9.69 Å². The van der Waals surface area contributed by atoms with Crippen molar-refractivity contribution >= 4 is 22.3 Å². The predicted octanol–water partition coefficient (Wildman–Crippen LogP) is 4.48. The highest BCUT2D eigenvalue weighted by Gasteiger charge is 2.21. The average molecular weight is 385 g/mol. The van der Waals surface area contributed by atoms with Gasteiger partial charge >= 0.3 is 0 Å². The Morgan fingerprint density at radius 3 is 2.74 bits per heavy atom. The van der Waals surface area contributed by atoms with Crippen LogP contribution in [0.1, 0.15) is 43.0 Å². The number of benzene rings is 1. The molecule has 27 heavy (non-hydrogen) atoms. The lowest BCUT2D eigenvalue weighted by molar-refractivity contribution is 0.218. The van der Waals surface area contributed by atoms with E-state index in [0.29, 0.717) is 34.5 Å². The van der Waals surface area contributed by atoms with Crippen LogP contribution in [-0.4, -0.2) is 28.1 Å². The molecule has 0 unspecified atom stereocenters. The van der Waals surface area contributed by atoms with E-state index < -0.39 is 0 Å². The fraction of sp³-hybridized carbons (Fsp3) is 0.429. The van der Waals surface area contributed by atoms with Gasteiger partial charge in [0.15, 0.2) is 0 Å². The summed E-state index contributed by atoms with van der Waals surface area (Å²) in [5.74, 6) is 0.261. The van der Waals surface area contributed by atoms with Crippen LogP contribution in [0.15, 0.2) is 26.9 Å². The van der Waals surface area contributed by atoms with E-state index in [0.717, 1.165) is 29.9 Å². The van der Waals surface area contributed by atoms with E-state index in [4.69, 9.17) is 4.42 Å². The van der Waals surface area contributed by atoms with E-state index in [9.17, 15) is 9.90 Å². The molecule has 0 bridgehead atoms. The molecule has 0 amide bonds. The minimum absolute atomic E-state index is 0.0832. The smallest absolute Gasteiger partial charge is 0.202 e. The summed E-state index contributed by atoms with van der Waals surface area (Å²) < 4.78 is 5.92. The maximum Gasteiger partial charge on any atom is 0.202 e. The second kappa shape index (κ2) is 7.44. The summed E-state index contributed by atoms with van der Waals surface area (Å²) in [4.78, 5) is 19.9. The number of nitrogens with zero attached hydrogens (tertiary/aromatic N) is 2. The van der Waals surface area contributed by atoms with Gasteiger partial charge in [-0.1, -0.05) is 13.3 Å². The Morgan fingerprint density at radius 2 is 2.07 bits per heavy atom. The second-order valence-corrected chi connectivity index (χ2v) is 8.06. The zero-order valence-corrected chi connectivity index (χ0v) is 16.6. The maximum atomic E-state index is 13.2. The molecule has 1 N–H and O–H groups in total. The zero-order chi connectivity index (χ0) is 19.0. The first-order chi connectivity index (χ1) is 13.1. The van der Waals surface area contributed by atoms with Gasteiger partial charge < -0.3 is 9.52 Å². The second-order valence-electron chi connectivity index (χ2n) is 7.20. The highest BCUT2D eigenvalue weighted by molar-refractivity contribution is 7.13. The van der Waals surface area contributed by atoms with Gasteiger partial charge in [-0.25, -0.2) is 4.98 Å². The first-order valence-electron chi connectivity index (χ1n) is 9.52. The minimum atomic E-state index is -0.0832. The molecule has 0 spiro atoms. The van der Waals surface area contributed by atoms with Gasteiger partial charge in [0.25, 0.3) is 0 Å². The molecule has 1 aliphatic rings. The SMILES string of the molecule is CCc1cc2c(=O)c(-c3nc(C)cs3)coc2c(CN2CCCCC2)c1O. The van der Waals surface area contributed by atoms with Crippen LogP contribution >= 0.6 is 11.3 Å².